The van der Waals surface area contributed by atoms with Crippen molar-refractivity contribution in [3.63, 3.8) is 0 Å². The number of hydrogen-bond acceptors (Lipinski definition) is 5. The fourth-order valence-electron chi connectivity index (χ4n) is 2.17. The molecule has 6 heteroatoms. The van der Waals surface area contributed by atoms with Gasteiger partial charge in [-0.15, -0.1) is 0 Å². The van der Waals surface area contributed by atoms with Gasteiger partial charge < -0.3 is 4.74 Å². The molecule has 0 bridgehead atoms. The predicted molar refractivity (Wildman–Crippen MR) is 74.0 cm³/mol. The number of methoxy groups -OCH3 is 1. The molecule has 0 saturated carbocycles. The third kappa shape index (κ3) is 2.82. The van der Waals surface area contributed by atoms with Gasteiger partial charge in [0.1, 0.15) is 0 Å². The first-order chi connectivity index (χ1) is 9.24. The van der Waals surface area contributed by atoms with Crippen molar-refractivity contribution >= 4 is 23.4 Å². The number of aromatic nitrogens is 3. The Morgan fingerprint density at radius 1 is 1.16 bits per heavy atom. The molecule has 2 aromatic rings. The molecule has 3 rings (SSSR count). The molecule has 0 N–H and O–H groups in total. The highest BCUT2D eigenvalue weighted by atomic mass is 35.5. The summed E-state index contributed by atoms with van der Waals surface area (Å²) in [5.41, 5.74) is 2.88. The van der Waals surface area contributed by atoms with Crippen LogP contribution >= 0.6 is 23.4 Å². The Balaban J connectivity index is 1.86. The van der Waals surface area contributed by atoms with Crippen molar-refractivity contribution in [3.05, 3.63) is 34.6 Å². The molecule has 1 aliphatic rings. The molecule has 1 aromatic carbocycles. The molecule has 0 radical (unpaired) electrons. The lowest BCUT2D eigenvalue weighted by Gasteiger charge is -2.05. The minimum atomic E-state index is 0.149. The summed E-state index contributed by atoms with van der Waals surface area (Å²) < 4.78 is 4.99. The predicted octanol–water partition coefficient (Wildman–Crippen LogP) is 3.17. The molecule has 0 aliphatic heterocycles. The zero-order valence-corrected chi connectivity index (χ0v) is 12.0. The van der Waals surface area contributed by atoms with E-state index in [2.05, 4.69) is 33.2 Å². The Hall–Kier alpha value is -1.33. The van der Waals surface area contributed by atoms with Gasteiger partial charge in [0.15, 0.2) is 5.16 Å². The van der Waals surface area contributed by atoms with Crippen LogP contribution in [0.2, 0.25) is 5.28 Å². The summed E-state index contributed by atoms with van der Waals surface area (Å²) in [4.78, 5) is 13.2. The van der Waals surface area contributed by atoms with E-state index < -0.39 is 0 Å². The number of rotatable bonds is 3. The van der Waals surface area contributed by atoms with Crippen LogP contribution in [0.4, 0.5) is 0 Å². The van der Waals surface area contributed by atoms with E-state index in [9.17, 15) is 0 Å². The number of benzene rings is 1. The van der Waals surface area contributed by atoms with Crippen LogP contribution in [0.25, 0.3) is 0 Å². The van der Waals surface area contributed by atoms with Crippen molar-refractivity contribution in [1.82, 2.24) is 15.0 Å². The van der Waals surface area contributed by atoms with E-state index in [0.29, 0.717) is 5.16 Å². The molecule has 0 saturated heterocycles. The Bertz CT molecular complexity index is 621. The van der Waals surface area contributed by atoms with Crippen LogP contribution in [-0.2, 0) is 12.8 Å². The van der Waals surface area contributed by atoms with Gasteiger partial charge in [0, 0.05) is 4.90 Å². The van der Waals surface area contributed by atoms with Crippen LogP contribution in [-0.4, -0.2) is 22.1 Å². The Morgan fingerprint density at radius 2 is 2.00 bits per heavy atom. The minimum absolute atomic E-state index is 0.149. The molecule has 19 heavy (non-hydrogen) atoms. The van der Waals surface area contributed by atoms with E-state index in [-0.39, 0.29) is 11.3 Å². The van der Waals surface area contributed by atoms with Gasteiger partial charge >= 0.3 is 6.01 Å². The van der Waals surface area contributed by atoms with Crippen molar-refractivity contribution in [2.24, 2.45) is 0 Å². The number of halogens is 1. The lowest BCUT2D eigenvalue weighted by Crippen LogP contribution is -1.96. The zero-order chi connectivity index (χ0) is 13.2. The van der Waals surface area contributed by atoms with E-state index in [1.54, 1.807) is 0 Å². The van der Waals surface area contributed by atoms with Crippen LogP contribution in [0, 0.1) is 0 Å². The number of hydrogen-bond donors (Lipinski definition) is 0. The molecule has 4 nitrogen and oxygen atoms in total. The third-order valence-electron chi connectivity index (χ3n) is 3.03. The molecule has 0 atom stereocenters. The van der Waals surface area contributed by atoms with Crippen molar-refractivity contribution in [1.29, 1.82) is 0 Å². The molecule has 0 unspecified atom stereocenters. The molecule has 0 spiro atoms. The zero-order valence-electron chi connectivity index (χ0n) is 10.4. The van der Waals surface area contributed by atoms with Crippen LogP contribution in [0.3, 0.4) is 0 Å². The van der Waals surface area contributed by atoms with Gasteiger partial charge in [-0.05, 0) is 65.9 Å². The van der Waals surface area contributed by atoms with Gasteiger partial charge in [0.25, 0.3) is 0 Å². The first-order valence-corrected chi connectivity index (χ1v) is 7.19. The lowest BCUT2D eigenvalue weighted by molar-refractivity contribution is 0.373. The first kappa shape index (κ1) is 12.7. The highest BCUT2D eigenvalue weighted by molar-refractivity contribution is 7.99. The van der Waals surface area contributed by atoms with Gasteiger partial charge in [0.2, 0.25) is 5.28 Å². The van der Waals surface area contributed by atoms with Crippen LogP contribution in [0.15, 0.2) is 28.3 Å². The number of fused-ring (bicyclic) bond motifs is 1. The number of ether oxygens (including phenoxy) is 1. The molecular formula is C13H12ClN3OS. The summed E-state index contributed by atoms with van der Waals surface area (Å²) >= 11 is 7.30. The van der Waals surface area contributed by atoms with Gasteiger partial charge in [-0.1, -0.05) is 6.07 Å². The summed E-state index contributed by atoms with van der Waals surface area (Å²) in [6, 6.07) is 6.73. The fourth-order valence-corrected chi connectivity index (χ4v) is 3.18. The second-order valence-electron chi connectivity index (χ2n) is 4.26. The van der Waals surface area contributed by atoms with Crippen LogP contribution in [0.1, 0.15) is 17.5 Å². The molecule has 0 amide bonds. The first-order valence-electron chi connectivity index (χ1n) is 6.00. The Kier molecular flexibility index (Phi) is 3.57. The Labute approximate surface area is 120 Å². The smallest absolute Gasteiger partial charge is 0.321 e. The largest absolute Gasteiger partial charge is 0.467 e. The standard InChI is InChI=1S/C13H12ClN3OS/c1-18-12-15-11(14)16-13(17-12)19-10-6-5-8-3-2-4-9(8)7-10/h5-7H,2-4H2,1H3. The van der Waals surface area contributed by atoms with Gasteiger partial charge in [-0.3, -0.25) is 0 Å². The third-order valence-corrected chi connectivity index (χ3v) is 4.05. The maximum atomic E-state index is 5.83. The summed E-state index contributed by atoms with van der Waals surface area (Å²) in [5.74, 6) is 0. The maximum absolute atomic E-state index is 5.83. The summed E-state index contributed by atoms with van der Waals surface area (Å²) in [5, 5.41) is 0.699. The normalized spacial score (nSPS) is 13.4. The van der Waals surface area contributed by atoms with Crippen molar-refractivity contribution in [3.8, 4) is 6.01 Å². The average Bonchev–Trinajstić information content (AvgIpc) is 2.85. The highest BCUT2D eigenvalue weighted by Crippen LogP contribution is 2.31. The SMILES string of the molecule is COc1nc(Cl)nc(Sc2ccc3c(c2)CCC3)n1. The average molecular weight is 294 g/mol. The monoisotopic (exact) mass is 293 g/mol. The van der Waals surface area contributed by atoms with Gasteiger partial charge in [-0.2, -0.15) is 15.0 Å². The van der Waals surface area contributed by atoms with Crippen molar-refractivity contribution in [2.45, 2.75) is 29.3 Å². The lowest BCUT2D eigenvalue weighted by atomic mass is 10.1. The second-order valence-corrected chi connectivity index (χ2v) is 5.64. The van der Waals surface area contributed by atoms with Crippen LogP contribution < -0.4 is 4.74 Å². The van der Waals surface area contributed by atoms with E-state index in [4.69, 9.17) is 16.3 Å². The molecule has 1 aromatic heterocycles. The van der Waals surface area contributed by atoms with Crippen LogP contribution in [0.5, 0.6) is 6.01 Å². The topological polar surface area (TPSA) is 47.9 Å². The molecule has 1 heterocycles. The Morgan fingerprint density at radius 3 is 2.84 bits per heavy atom. The van der Waals surface area contributed by atoms with Gasteiger partial charge in [0.05, 0.1) is 7.11 Å². The minimum Gasteiger partial charge on any atom is -0.467 e. The summed E-state index contributed by atoms with van der Waals surface area (Å²) in [7, 11) is 1.51. The van der Waals surface area contributed by atoms with Gasteiger partial charge in [-0.25, -0.2) is 0 Å². The maximum Gasteiger partial charge on any atom is 0.321 e. The highest BCUT2D eigenvalue weighted by Gasteiger charge is 2.12. The number of aryl methyl sites for hydroxylation is 2. The van der Waals surface area contributed by atoms with Crippen molar-refractivity contribution in [2.75, 3.05) is 7.11 Å². The molecule has 98 valence electrons. The molecule has 0 fully saturated rings. The van der Waals surface area contributed by atoms with E-state index in [1.807, 2.05) is 0 Å². The van der Waals surface area contributed by atoms with E-state index >= 15 is 0 Å². The van der Waals surface area contributed by atoms with E-state index in [1.165, 1.54) is 42.8 Å². The second kappa shape index (κ2) is 5.35. The molecule has 1 aliphatic carbocycles. The quantitative estimate of drug-likeness (QED) is 0.870. The fraction of sp³-hybridized carbons (Fsp3) is 0.308. The summed E-state index contributed by atoms with van der Waals surface area (Å²) in [6.07, 6.45) is 3.59. The summed E-state index contributed by atoms with van der Waals surface area (Å²) in [6.45, 7) is 0. The van der Waals surface area contributed by atoms with E-state index in [0.717, 1.165) is 11.3 Å². The van der Waals surface area contributed by atoms with Crippen molar-refractivity contribution < 1.29 is 4.74 Å². The molecular weight excluding hydrogens is 282 g/mol. The number of nitrogens with zero attached hydrogens (tertiary/aromatic N) is 3.